The van der Waals surface area contributed by atoms with Crippen molar-refractivity contribution in [1.82, 2.24) is 9.36 Å². The van der Waals surface area contributed by atoms with Crippen LogP contribution in [0.2, 0.25) is 0 Å². The zero-order valence-corrected chi connectivity index (χ0v) is 12.2. The lowest BCUT2D eigenvalue weighted by atomic mass is 9.99. The Morgan fingerprint density at radius 1 is 1.35 bits per heavy atom. The summed E-state index contributed by atoms with van der Waals surface area (Å²) < 4.78 is 4.23. The van der Waals surface area contributed by atoms with Crippen LogP contribution in [0.3, 0.4) is 0 Å². The van der Waals surface area contributed by atoms with Gasteiger partial charge in [0.25, 0.3) is 0 Å². The number of carbonyl (C=O) groups is 1. The van der Waals surface area contributed by atoms with Crippen LogP contribution in [0.5, 0.6) is 0 Å². The number of rotatable bonds is 6. The first-order chi connectivity index (χ1) is 9.58. The Hall–Kier alpha value is -1.95. The van der Waals surface area contributed by atoms with Crippen molar-refractivity contribution in [3.63, 3.8) is 0 Å². The van der Waals surface area contributed by atoms with Crippen molar-refractivity contribution in [2.24, 2.45) is 0 Å². The van der Waals surface area contributed by atoms with Crippen LogP contribution >= 0.6 is 11.5 Å². The van der Waals surface area contributed by atoms with Gasteiger partial charge in [-0.1, -0.05) is 44.2 Å². The first kappa shape index (κ1) is 14.5. The van der Waals surface area contributed by atoms with Crippen LogP contribution in [0, 0.1) is 0 Å². The van der Waals surface area contributed by atoms with Gasteiger partial charge in [0.05, 0.1) is 5.92 Å². The zero-order valence-electron chi connectivity index (χ0n) is 11.4. The second-order valence-electron chi connectivity index (χ2n) is 4.79. The first-order valence-corrected chi connectivity index (χ1v) is 7.20. The van der Waals surface area contributed by atoms with Gasteiger partial charge < -0.3 is 10.4 Å². The summed E-state index contributed by atoms with van der Waals surface area (Å²) in [5.41, 5.74) is 0.779. The quantitative estimate of drug-likeness (QED) is 0.856. The van der Waals surface area contributed by atoms with Crippen molar-refractivity contribution in [3.8, 4) is 0 Å². The molecule has 0 spiro atoms. The highest BCUT2D eigenvalue weighted by molar-refractivity contribution is 7.09. The highest BCUT2D eigenvalue weighted by atomic mass is 32.1. The monoisotopic (exact) mass is 291 g/mol. The second-order valence-corrected chi connectivity index (χ2v) is 5.55. The minimum absolute atomic E-state index is 0.270. The smallest absolute Gasteiger partial charge is 0.312 e. The number of nitrogens with one attached hydrogen (secondary N) is 1. The summed E-state index contributed by atoms with van der Waals surface area (Å²) in [6, 6.07) is 9.19. The number of carboxylic acids is 1. The average Bonchev–Trinajstić information content (AvgIpc) is 2.89. The fourth-order valence-corrected chi connectivity index (χ4v) is 2.48. The van der Waals surface area contributed by atoms with Crippen LogP contribution in [0.1, 0.15) is 37.1 Å². The molecule has 2 N–H and O–H groups in total. The van der Waals surface area contributed by atoms with E-state index >= 15 is 0 Å². The molecule has 1 unspecified atom stereocenters. The molecule has 0 aliphatic rings. The largest absolute Gasteiger partial charge is 0.481 e. The van der Waals surface area contributed by atoms with Gasteiger partial charge in [0.1, 0.15) is 5.82 Å². The number of hydrogen-bond acceptors (Lipinski definition) is 5. The third kappa shape index (κ3) is 3.54. The van der Waals surface area contributed by atoms with Crippen LogP contribution in [0.4, 0.5) is 5.13 Å². The van der Waals surface area contributed by atoms with Gasteiger partial charge in [-0.2, -0.15) is 4.37 Å². The van der Waals surface area contributed by atoms with E-state index in [4.69, 9.17) is 0 Å². The van der Waals surface area contributed by atoms with Crippen molar-refractivity contribution in [3.05, 3.63) is 41.7 Å². The summed E-state index contributed by atoms with van der Waals surface area (Å²) in [4.78, 5) is 15.7. The van der Waals surface area contributed by atoms with E-state index in [1.807, 2.05) is 44.2 Å². The van der Waals surface area contributed by atoms with E-state index in [1.165, 1.54) is 11.5 Å². The van der Waals surface area contributed by atoms with Gasteiger partial charge in [0.15, 0.2) is 0 Å². The SMILES string of the molecule is CC(C)c1nsc(NCC(C(=O)O)c2ccccc2)n1. The van der Waals surface area contributed by atoms with Crippen LogP contribution in [0.25, 0.3) is 0 Å². The maximum absolute atomic E-state index is 11.4. The molecule has 0 fully saturated rings. The van der Waals surface area contributed by atoms with Crippen molar-refractivity contribution >= 4 is 22.6 Å². The molecule has 1 aromatic carbocycles. The Bertz CT molecular complexity index is 569. The highest BCUT2D eigenvalue weighted by Crippen LogP contribution is 2.20. The van der Waals surface area contributed by atoms with Crippen LogP contribution in [-0.4, -0.2) is 27.0 Å². The molecule has 5 nitrogen and oxygen atoms in total. The Labute approximate surface area is 121 Å². The van der Waals surface area contributed by atoms with Crippen molar-refractivity contribution in [2.75, 3.05) is 11.9 Å². The molecule has 0 radical (unpaired) electrons. The number of aromatic nitrogens is 2. The number of nitrogens with zero attached hydrogens (tertiary/aromatic N) is 2. The summed E-state index contributed by atoms with van der Waals surface area (Å²) in [5.74, 6) is -0.393. The standard InChI is InChI=1S/C14H17N3O2S/c1-9(2)12-16-14(20-17-12)15-8-11(13(18)19)10-6-4-3-5-7-10/h3-7,9,11H,8H2,1-2H3,(H,18,19)(H,15,16,17). The molecular weight excluding hydrogens is 274 g/mol. The van der Waals surface area contributed by atoms with E-state index in [-0.39, 0.29) is 5.92 Å². The van der Waals surface area contributed by atoms with Crippen LogP contribution in [0.15, 0.2) is 30.3 Å². The lowest BCUT2D eigenvalue weighted by molar-refractivity contribution is -0.138. The van der Waals surface area contributed by atoms with E-state index in [2.05, 4.69) is 14.7 Å². The van der Waals surface area contributed by atoms with E-state index < -0.39 is 11.9 Å². The van der Waals surface area contributed by atoms with Crippen molar-refractivity contribution in [2.45, 2.75) is 25.7 Å². The molecule has 2 rings (SSSR count). The maximum atomic E-state index is 11.4. The maximum Gasteiger partial charge on any atom is 0.312 e. The molecule has 0 bridgehead atoms. The summed E-state index contributed by atoms with van der Waals surface area (Å²) in [7, 11) is 0. The summed E-state index contributed by atoms with van der Waals surface area (Å²) in [5, 5.41) is 13.1. The van der Waals surface area contributed by atoms with Gasteiger partial charge in [0.2, 0.25) is 5.13 Å². The van der Waals surface area contributed by atoms with Gasteiger partial charge in [0, 0.05) is 24.0 Å². The molecule has 20 heavy (non-hydrogen) atoms. The molecule has 1 aromatic heterocycles. The van der Waals surface area contributed by atoms with Gasteiger partial charge >= 0.3 is 5.97 Å². The molecule has 1 atom stereocenters. The third-order valence-corrected chi connectivity index (χ3v) is 3.60. The molecule has 0 amide bonds. The number of hydrogen-bond donors (Lipinski definition) is 2. The van der Waals surface area contributed by atoms with Gasteiger partial charge in [-0.15, -0.1) is 0 Å². The number of anilines is 1. The molecule has 0 aliphatic carbocycles. The Balaban J connectivity index is 2.04. The number of carboxylic acid groups (broad SMARTS) is 1. The second kappa shape index (κ2) is 6.47. The lowest BCUT2D eigenvalue weighted by Crippen LogP contribution is -2.20. The highest BCUT2D eigenvalue weighted by Gasteiger charge is 2.20. The molecule has 2 aromatic rings. The van der Waals surface area contributed by atoms with E-state index in [0.29, 0.717) is 11.7 Å². The van der Waals surface area contributed by atoms with Crippen LogP contribution < -0.4 is 5.32 Å². The fraction of sp³-hybridized carbons (Fsp3) is 0.357. The predicted molar refractivity (Wildman–Crippen MR) is 79.3 cm³/mol. The fourth-order valence-electron chi connectivity index (χ4n) is 1.76. The average molecular weight is 291 g/mol. The van der Waals surface area contributed by atoms with Gasteiger partial charge in [-0.3, -0.25) is 4.79 Å². The minimum atomic E-state index is -0.850. The first-order valence-electron chi connectivity index (χ1n) is 6.43. The molecule has 0 aliphatic heterocycles. The van der Waals surface area contributed by atoms with Crippen molar-refractivity contribution < 1.29 is 9.90 Å². The molecule has 6 heteroatoms. The Morgan fingerprint density at radius 3 is 2.60 bits per heavy atom. The van der Waals surface area contributed by atoms with E-state index in [9.17, 15) is 9.90 Å². The normalized spacial score (nSPS) is 12.3. The van der Waals surface area contributed by atoms with Crippen molar-refractivity contribution in [1.29, 1.82) is 0 Å². The summed E-state index contributed by atoms with van der Waals surface area (Å²) in [6.45, 7) is 4.35. The van der Waals surface area contributed by atoms with Gasteiger partial charge in [-0.05, 0) is 5.56 Å². The number of aliphatic carboxylic acids is 1. The summed E-state index contributed by atoms with van der Waals surface area (Å²) >= 11 is 1.26. The zero-order chi connectivity index (χ0) is 14.5. The Morgan fingerprint density at radius 2 is 2.05 bits per heavy atom. The molecule has 1 heterocycles. The Kier molecular flexibility index (Phi) is 4.68. The molecule has 106 valence electrons. The molecular formula is C14H17N3O2S. The van der Waals surface area contributed by atoms with Gasteiger partial charge in [-0.25, -0.2) is 4.98 Å². The summed E-state index contributed by atoms with van der Waals surface area (Å²) in [6.07, 6.45) is 0. The van der Waals surface area contributed by atoms with E-state index in [0.717, 1.165) is 11.4 Å². The molecule has 0 saturated carbocycles. The van der Waals surface area contributed by atoms with E-state index in [1.54, 1.807) is 0 Å². The number of benzene rings is 1. The predicted octanol–water partition coefficient (Wildman–Crippen LogP) is 2.94. The molecule has 0 saturated heterocycles. The lowest BCUT2D eigenvalue weighted by Gasteiger charge is -2.12. The van der Waals surface area contributed by atoms with Crippen LogP contribution in [-0.2, 0) is 4.79 Å². The minimum Gasteiger partial charge on any atom is -0.481 e. The topological polar surface area (TPSA) is 75.1 Å². The third-order valence-electron chi connectivity index (χ3n) is 2.92.